The highest BCUT2D eigenvalue weighted by molar-refractivity contribution is 7.85. The molecule has 0 heterocycles. The van der Waals surface area contributed by atoms with Gasteiger partial charge in [-0.1, -0.05) is 24.3 Å². The van der Waals surface area contributed by atoms with Gasteiger partial charge in [-0.15, -0.1) is 0 Å². The number of methoxy groups -OCH3 is 2. The van der Waals surface area contributed by atoms with Crippen molar-refractivity contribution in [2.75, 3.05) is 14.2 Å². The molecule has 37 heavy (non-hydrogen) atoms. The van der Waals surface area contributed by atoms with Crippen LogP contribution in [0.4, 0.5) is 0 Å². The lowest BCUT2D eigenvalue weighted by atomic mass is 10.1. The van der Waals surface area contributed by atoms with Gasteiger partial charge in [0.1, 0.15) is 17.3 Å². The number of carbonyl (C=O) groups excluding carboxylic acids is 3. The third kappa shape index (κ3) is 13.7. The lowest BCUT2D eigenvalue weighted by Gasteiger charge is -2.12. The number of benzene rings is 2. The molecule has 2 N–H and O–H groups in total. The Morgan fingerprint density at radius 3 is 1.38 bits per heavy atom. The minimum absolute atomic E-state index is 0.250. The molecular formula is C26H36N2O7S2. The molecule has 0 aliphatic carbocycles. The molecule has 2 aromatic carbocycles. The first-order valence-electron chi connectivity index (χ1n) is 11.0. The van der Waals surface area contributed by atoms with Crippen molar-refractivity contribution < 1.29 is 32.3 Å². The quantitative estimate of drug-likeness (QED) is 0.335. The van der Waals surface area contributed by atoms with Gasteiger partial charge in [0.05, 0.1) is 45.8 Å². The van der Waals surface area contributed by atoms with Gasteiger partial charge >= 0.3 is 11.9 Å². The zero-order valence-electron chi connectivity index (χ0n) is 22.5. The molecule has 0 bridgehead atoms. The lowest BCUT2D eigenvalue weighted by Crippen LogP contribution is -2.27. The Bertz CT molecular complexity index is 1100. The van der Waals surface area contributed by atoms with Crippen molar-refractivity contribution in [3.8, 4) is 0 Å². The minimum atomic E-state index is -1.28. The van der Waals surface area contributed by atoms with Crippen LogP contribution in [0, 0.1) is 0 Å². The summed E-state index contributed by atoms with van der Waals surface area (Å²) in [5.41, 5.74) is 2.26. The van der Waals surface area contributed by atoms with Gasteiger partial charge < -0.3 is 9.47 Å². The van der Waals surface area contributed by atoms with Crippen molar-refractivity contribution in [3.05, 3.63) is 70.8 Å². The molecule has 0 aromatic heterocycles. The van der Waals surface area contributed by atoms with Gasteiger partial charge in [0, 0.05) is 11.8 Å². The predicted octanol–water partition coefficient (Wildman–Crippen LogP) is 4.05. The van der Waals surface area contributed by atoms with E-state index in [2.05, 4.69) is 13.9 Å². The molecule has 0 amide bonds. The van der Waals surface area contributed by atoms with E-state index in [0.717, 1.165) is 11.8 Å². The topological polar surface area (TPSA) is 142 Å². The number of carbonyl (C=O) groups is 3. The summed E-state index contributed by atoms with van der Waals surface area (Å²) >= 11 is 0. The van der Waals surface area contributed by atoms with Gasteiger partial charge in [-0.2, -0.15) is 4.40 Å². The highest BCUT2D eigenvalue weighted by Gasteiger charge is 2.18. The van der Waals surface area contributed by atoms with E-state index >= 15 is 0 Å². The maximum atomic E-state index is 11.7. The van der Waals surface area contributed by atoms with E-state index in [9.17, 15) is 22.8 Å². The summed E-state index contributed by atoms with van der Waals surface area (Å²) in [4.78, 5) is 32.4. The van der Waals surface area contributed by atoms with E-state index in [0.29, 0.717) is 16.7 Å². The molecule has 2 atom stereocenters. The van der Waals surface area contributed by atoms with E-state index < -0.39 is 27.9 Å². The number of hydrogen-bond acceptors (Lipinski definition) is 7. The molecule has 0 fully saturated rings. The van der Waals surface area contributed by atoms with Crippen LogP contribution in [-0.4, -0.2) is 56.6 Å². The van der Waals surface area contributed by atoms with Crippen LogP contribution in [0.25, 0.3) is 0 Å². The highest BCUT2D eigenvalue weighted by Crippen LogP contribution is 2.12. The average molecular weight is 553 g/mol. The van der Waals surface area contributed by atoms with Crippen LogP contribution in [0.5, 0.6) is 0 Å². The lowest BCUT2D eigenvalue weighted by molar-refractivity contribution is 0.0592. The van der Waals surface area contributed by atoms with Gasteiger partial charge in [-0.3, -0.25) is 9.93 Å². The van der Waals surface area contributed by atoms with E-state index in [4.69, 9.17) is 5.14 Å². The van der Waals surface area contributed by atoms with Crippen molar-refractivity contribution in [2.24, 2.45) is 9.54 Å². The molecule has 0 aliphatic rings. The van der Waals surface area contributed by atoms with Crippen molar-refractivity contribution in [2.45, 2.75) is 51.0 Å². The van der Waals surface area contributed by atoms with Crippen molar-refractivity contribution >= 4 is 46.4 Å². The monoisotopic (exact) mass is 552 g/mol. The summed E-state index contributed by atoms with van der Waals surface area (Å²) in [6.07, 6.45) is 2.27. The fourth-order valence-electron chi connectivity index (χ4n) is 1.91. The number of aldehydes is 1. The van der Waals surface area contributed by atoms with Gasteiger partial charge in [0.15, 0.2) is 0 Å². The Morgan fingerprint density at radius 2 is 1.11 bits per heavy atom. The van der Waals surface area contributed by atoms with Gasteiger partial charge in [0.2, 0.25) is 0 Å². The number of hydrogen-bond donors (Lipinski definition) is 1. The normalized spacial score (nSPS) is 12.7. The third-order valence-corrected chi connectivity index (χ3v) is 6.78. The molecule has 2 rings (SSSR count). The van der Waals surface area contributed by atoms with Crippen molar-refractivity contribution in [3.63, 3.8) is 0 Å². The van der Waals surface area contributed by atoms with Crippen LogP contribution >= 0.6 is 0 Å². The summed E-state index contributed by atoms with van der Waals surface area (Å²) < 4.78 is 34.5. The zero-order valence-corrected chi connectivity index (χ0v) is 24.1. The standard InChI is InChI=1S/C13H17NO3S.C9H8O3.C4H11NOS/c1-13(2,3)18(16)14-9-10-5-7-11(8-6-10)12(15)17-4;1-12-9(11)8-4-2-7(6-10)3-5-8;1-4(2,3)7(5)6/h5-9H,1-4H3;2-6H,1H3;5H2,1-3H3. The second-order valence-corrected chi connectivity index (χ2v) is 13.1. The van der Waals surface area contributed by atoms with Crippen LogP contribution in [0.3, 0.4) is 0 Å². The SMILES string of the molecule is CC(C)(C)S(N)=O.COC(=O)c1ccc(C=NS(=O)C(C)(C)C)cc1.COC(=O)c1ccc(C=O)cc1. The van der Waals surface area contributed by atoms with Crippen LogP contribution in [0.15, 0.2) is 52.9 Å². The summed E-state index contributed by atoms with van der Waals surface area (Å²) in [6.45, 7) is 11.1. The highest BCUT2D eigenvalue weighted by atomic mass is 32.2. The predicted molar refractivity (Wildman–Crippen MR) is 149 cm³/mol. The van der Waals surface area contributed by atoms with E-state index in [1.807, 2.05) is 41.5 Å². The minimum Gasteiger partial charge on any atom is -0.465 e. The first kappa shape index (κ1) is 34.0. The average Bonchev–Trinajstić information content (AvgIpc) is 2.86. The number of nitrogens with two attached hydrogens (primary N) is 1. The third-order valence-electron chi connectivity index (χ3n) is 4.22. The Balaban J connectivity index is 0.000000586. The first-order valence-corrected chi connectivity index (χ1v) is 13.3. The first-order chi connectivity index (χ1) is 17.1. The fourth-order valence-corrected chi connectivity index (χ4v) is 2.44. The van der Waals surface area contributed by atoms with Crippen LogP contribution < -0.4 is 5.14 Å². The molecule has 2 unspecified atom stereocenters. The second-order valence-electron chi connectivity index (χ2n) is 9.35. The van der Waals surface area contributed by atoms with Gasteiger partial charge in [-0.25, -0.2) is 18.0 Å². The molecule has 2 aromatic rings. The summed E-state index contributed by atoms with van der Waals surface area (Å²) in [7, 11) is 0.194. The van der Waals surface area contributed by atoms with Crippen LogP contribution in [0.2, 0.25) is 0 Å². The molecule has 9 nitrogen and oxygen atoms in total. The smallest absolute Gasteiger partial charge is 0.337 e. The number of ether oxygens (including phenoxy) is 2. The fraction of sp³-hybridized carbons (Fsp3) is 0.385. The molecular weight excluding hydrogens is 516 g/mol. The molecule has 0 radical (unpaired) electrons. The molecule has 0 saturated carbocycles. The summed E-state index contributed by atoms with van der Waals surface area (Å²) in [5, 5.41) is 5.04. The summed E-state index contributed by atoms with van der Waals surface area (Å²) in [6, 6.07) is 13.0. The van der Waals surface area contributed by atoms with Crippen LogP contribution in [-0.2, 0) is 31.4 Å². The van der Waals surface area contributed by atoms with E-state index in [1.54, 1.807) is 54.7 Å². The number of rotatable bonds is 5. The number of esters is 2. The maximum absolute atomic E-state index is 11.7. The number of nitrogens with zero attached hydrogens (tertiary/aromatic N) is 1. The molecule has 0 spiro atoms. The van der Waals surface area contributed by atoms with Crippen molar-refractivity contribution in [1.82, 2.24) is 0 Å². The maximum Gasteiger partial charge on any atom is 0.337 e. The summed E-state index contributed by atoms with van der Waals surface area (Å²) in [5.74, 6) is -0.774. The van der Waals surface area contributed by atoms with E-state index in [-0.39, 0.29) is 15.5 Å². The largest absolute Gasteiger partial charge is 0.465 e. The molecule has 11 heteroatoms. The Hall–Kier alpha value is -3.02. The van der Waals surface area contributed by atoms with Gasteiger partial charge in [-0.05, 0) is 71.4 Å². The molecule has 0 saturated heterocycles. The Morgan fingerprint density at radius 1 is 0.757 bits per heavy atom. The Kier molecular flexibility index (Phi) is 14.7. The van der Waals surface area contributed by atoms with Gasteiger partial charge in [0.25, 0.3) is 0 Å². The second kappa shape index (κ2) is 16.0. The zero-order chi connectivity index (χ0) is 28.8. The van der Waals surface area contributed by atoms with Crippen LogP contribution in [0.1, 0.15) is 78.2 Å². The van der Waals surface area contributed by atoms with Crippen molar-refractivity contribution in [1.29, 1.82) is 0 Å². The molecule has 0 aliphatic heterocycles. The van der Waals surface area contributed by atoms with E-state index in [1.165, 1.54) is 14.2 Å². The Labute approximate surface area is 224 Å². The molecule has 204 valence electrons.